The van der Waals surface area contributed by atoms with Gasteiger partial charge >= 0.3 is 0 Å². The zero-order valence-electron chi connectivity index (χ0n) is 9.37. The van der Waals surface area contributed by atoms with Crippen LogP contribution in [0, 0.1) is 0 Å². The molecule has 0 spiro atoms. The smallest absolute Gasteiger partial charge is 0.0868 e. The standard InChI is InChI=1S/C14H11BrN2/c1-9-11-4-2-3-5-12(11)17-14-8-10(15)6-7-13(14)16-9/h2-8,17H,1H3. The minimum absolute atomic E-state index is 0.974. The van der Waals surface area contributed by atoms with Crippen LogP contribution in [-0.2, 0) is 0 Å². The zero-order valence-corrected chi connectivity index (χ0v) is 11.0. The Morgan fingerprint density at radius 2 is 1.88 bits per heavy atom. The van der Waals surface area contributed by atoms with E-state index in [1.807, 2.05) is 37.3 Å². The van der Waals surface area contributed by atoms with E-state index < -0.39 is 0 Å². The van der Waals surface area contributed by atoms with Gasteiger partial charge in [-0.25, -0.2) is 0 Å². The van der Waals surface area contributed by atoms with Gasteiger partial charge in [0.2, 0.25) is 0 Å². The molecule has 0 unspecified atom stereocenters. The van der Waals surface area contributed by atoms with Gasteiger partial charge in [-0.05, 0) is 31.2 Å². The van der Waals surface area contributed by atoms with Crippen LogP contribution in [0.3, 0.4) is 0 Å². The quantitative estimate of drug-likeness (QED) is 0.749. The molecular formula is C14H11BrN2. The lowest BCUT2D eigenvalue weighted by molar-refractivity contribution is 1.49. The van der Waals surface area contributed by atoms with Crippen LogP contribution in [0.2, 0.25) is 0 Å². The molecule has 0 saturated heterocycles. The lowest BCUT2D eigenvalue weighted by Crippen LogP contribution is -1.97. The third-order valence-electron chi connectivity index (χ3n) is 2.83. The number of aliphatic imine (C=N–C) groups is 1. The number of hydrogen-bond donors (Lipinski definition) is 1. The second-order valence-electron chi connectivity index (χ2n) is 4.03. The monoisotopic (exact) mass is 286 g/mol. The molecule has 0 fully saturated rings. The number of nitrogens with zero attached hydrogens (tertiary/aromatic N) is 1. The predicted octanol–water partition coefficient (Wildman–Crippen LogP) is 4.65. The van der Waals surface area contributed by atoms with Crippen LogP contribution in [0.25, 0.3) is 0 Å². The average Bonchev–Trinajstić information content (AvgIpc) is 2.46. The summed E-state index contributed by atoms with van der Waals surface area (Å²) in [5, 5.41) is 3.43. The zero-order chi connectivity index (χ0) is 11.8. The van der Waals surface area contributed by atoms with Crippen LogP contribution in [0.1, 0.15) is 12.5 Å². The molecule has 0 radical (unpaired) electrons. The van der Waals surface area contributed by atoms with E-state index in [-0.39, 0.29) is 0 Å². The summed E-state index contributed by atoms with van der Waals surface area (Å²) in [6.45, 7) is 2.04. The van der Waals surface area contributed by atoms with Crippen molar-refractivity contribution in [1.82, 2.24) is 0 Å². The fraction of sp³-hybridized carbons (Fsp3) is 0.0714. The molecular weight excluding hydrogens is 276 g/mol. The van der Waals surface area contributed by atoms with E-state index in [9.17, 15) is 0 Å². The Morgan fingerprint density at radius 1 is 1.06 bits per heavy atom. The first-order chi connectivity index (χ1) is 8.24. The first kappa shape index (κ1) is 10.5. The van der Waals surface area contributed by atoms with Gasteiger partial charge in [0.15, 0.2) is 0 Å². The second kappa shape index (κ2) is 4.00. The van der Waals surface area contributed by atoms with Crippen molar-refractivity contribution in [1.29, 1.82) is 0 Å². The fourth-order valence-electron chi connectivity index (χ4n) is 2.00. The van der Waals surface area contributed by atoms with E-state index in [1.54, 1.807) is 0 Å². The lowest BCUT2D eigenvalue weighted by Gasteiger charge is -2.09. The Morgan fingerprint density at radius 3 is 2.76 bits per heavy atom. The molecule has 0 amide bonds. The molecule has 2 aromatic rings. The molecule has 0 saturated carbocycles. The largest absolute Gasteiger partial charge is 0.353 e. The molecule has 1 aliphatic heterocycles. The number of benzene rings is 2. The van der Waals surface area contributed by atoms with Gasteiger partial charge in [0, 0.05) is 21.4 Å². The summed E-state index contributed by atoms with van der Waals surface area (Å²) in [5.41, 5.74) is 5.30. The van der Waals surface area contributed by atoms with E-state index >= 15 is 0 Å². The molecule has 3 heteroatoms. The van der Waals surface area contributed by atoms with Crippen molar-refractivity contribution >= 4 is 38.7 Å². The highest BCUT2D eigenvalue weighted by Gasteiger charge is 2.12. The average molecular weight is 287 g/mol. The molecule has 1 heterocycles. The fourth-order valence-corrected chi connectivity index (χ4v) is 2.36. The molecule has 3 rings (SSSR count). The van der Waals surface area contributed by atoms with Crippen molar-refractivity contribution in [2.45, 2.75) is 6.92 Å². The van der Waals surface area contributed by atoms with Crippen molar-refractivity contribution in [3.63, 3.8) is 0 Å². The number of anilines is 2. The maximum Gasteiger partial charge on any atom is 0.0868 e. The Kier molecular flexibility index (Phi) is 2.48. The van der Waals surface area contributed by atoms with Gasteiger partial charge in [-0.1, -0.05) is 34.1 Å². The topological polar surface area (TPSA) is 24.4 Å². The van der Waals surface area contributed by atoms with E-state index in [4.69, 9.17) is 0 Å². The number of para-hydroxylation sites is 1. The summed E-state index contributed by atoms with van der Waals surface area (Å²) in [7, 11) is 0. The van der Waals surface area contributed by atoms with Gasteiger partial charge in [0.1, 0.15) is 0 Å². The Labute approximate surface area is 109 Å². The maximum absolute atomic E-state index is 4.66. The van der Waals surface area contributed by atoms with Crippen molar-refractivity contribution in [3.8, 4) is 0 Å². The molecule has 84 valence electrons. The molecule has 1 aliphatic rings. The Bertz CT molecular complexity index is 617. The van der Waals surface area contributed by atoms with Gasteiger partial charge in [-0.3, -0.25) is 4.99 Å². The van der Waals surface area contributed by atoms with Crippen LogP contribution in [0.5, 0.6) is 0 Å². The van der Waals surface area contributed by atoms with E-state index in [0.29, 0.717) is 0 Å². The van der Waals surface area contributed by atoms with Crippen molar-refractivity contribution in [2.24, 2.45) is 4.99 Å². The van der Waals surface area contributed by atoms with Crippen molar-refractivity contribution in [2.75, 3.05) is 5.32 Å². The number of halogens is 1. The molecule has 2 nitrogen and oxygen atoms in total. The normalized spacial score (nSPS) is 12.9. The molecule has 0 bridgehead atoms. The first-order valence-electron chi connectivity index (χ1n) is 5.45. The number of nitrogens with one attached hydrogen (secondary N) is 1. The summed E-state index contributed by atoms with van der Waals surface area (Å²) in [6.07, 6.45) is 0. The Balaban J connectivity index is 2.24. The SMILES string of the molecule is CC1=Nc2ccc(Br)cc2Nc2ccccc21. The highest BCUT2D eigenvalue weighted by molar-refractivity contribution is 9.10. The first-order valence-corrected chi connectivity index (χ1v) is 6.24. The van der Waals surface area contributed by atoms with Crippen molar-refractivity contribution in [3.05, 3.63) is 52.5 Å². The highest BCUT2D eigenvalue weighted by Crippen LogP contribution is 2.35. The summed E-state index contributed by atoms with van der Waals surface area (Å²) >= 11 is 3.48. The number of rotatable bonds is 0. The number of hydrogen-bond acceptors (Lipinski definition) is 2. The summed E-state index contributed by atoms with van der Waals surface area (Å²) in [6, 6.07) is 14.3. The van der Waals surface area contributed by atoms with Gasteiger partial charge < -0.3 is 5.32 Å². The van der Waals surface area contributed by atoms with Gasteiger partial charge in [-0.15, -0.1) is 0 Å². The third-order valence-corrected chi connectivity index (χ3v) is 3.33. The summed E-state index contributed by atoms with van der Waals surface area (Å²) < 4.78 is 1.05. The lowest BCUT2D eigenvalue weighted by atomic mass is 10.1. The highest BCUT2D eigenvalue weighted by atomic mass is 79.9. The third kappa shape index (κ3) is 1.87. The molecule has 0 atom stereocenters. The molecule has 1 N–H and O–H groups in total. The van der Waals surface area contributed by atoms with E-state index in [1.165, 1.54) is 0 Å². The van der Waals surface area contributed by atoms with E-state index in [0.717, 1.165) is 32.8 Å². The number of fused-ring (bicyclic) bond motifs is 2. The van der Waals surface area contributed by atoms with Crippen LogP contribution in [0.4, 0.5) is 17.1 Å². The van der Waals surface area contributed by atoms with Crippen LogP contribution in [-0.4, -0.2) is 5.71 Å². The van der Waals surface area contributed by atoms with E-state index in [2.05, 4.69) is 38.4 Å². The minimum Gasteiger partial charge on any atom is -0.353 e. The van der Waals surface area contributed by atoms with Gasteiger partial charge in [0.05, 0.1) is 11.4 Å². The maximum atomic E-state index is 4.66. The van der Waals surface area contributed by atoms with Crippen LogP contribution < -0.4 is 5.32 Å². The van der Waals surface area contributed by atoms with Gasteiger partial charge in [0.25, 0.3) is 0 Å². The van der Waals surface area contributed by atoms with Crippen LogP contribution >= 0.6 is 15.9 Å². The molecule has 0 aliphatic carbocycles. The van der Waals surface area contributed by atoms with Crippen molar-refractivity contribution < 1.29 is 0 Å². The predicted molar refractivity (Wildman–Crippen MR) is 75.7 cm³/mol. The van der Waals surface area contributed by atoms with Crippen LogP contribution in [0.15, 0.2) is 51.9 Å². The molecule has 17 heavy (non-hydrogen) atoms. The summed E-state index contributed by atoms with van der Waals surface area (Å²) in [5.74, 6) is 0. The minimum atomic E-state index is 0.974. The molecule has 0 aromatic heterocycles. The summed E-state index contributed by atoms with van der Waals surface area (Å²) in [4.78, 5) is 4.66. The Hall–Kier alpha value is -1.61. The molecule has 2 aromatic carbocycles. The second-order valence-corrected chi connectivity index (χ2v) is 4.94. The van der Waals surface area contributed by atoms with Gasteiger partial charge in [-0.2, -0.15) is 0 Å².